The van der Waals surface area contributed by atoms with Gasteiger partial charge in [0.25, 0.3) is 0 Å². The summed E-state index contributed by atoms with van der Waals surface area (Å²) in [6, 6.07) is 7.73. The van der Waals surface area contributed by atoms with Crippen LogP contribution in [0.25, 0.3) is 0 Å². The van der Waals surface area contributed by atoms with E-state index in [0.29, 0.717) is 5.84 Å². The molecule has 0 aliphatic rings. The van der Waals surface area contributed by atoms with Crippen LogP contribution < -0.4 is 17.1 Å². The lowest BCUT2D eigenvalue weighted by Crippen LogP contribution is -2.22. The maximum Gasteiger partial charge on any atom is 0.152 e. The maximum atomic E-state index is 5.58. The number of rotatable bonds is 2. The second-order valence-corrected chi connectivity index (χ2v) is 2.50. The van der Waals surface area contributed by atoms with Crippen LogP contribution in [0.5, 0.6) is 0 Å². The van der Waals surface area contributed by atoms with E-state index in [1.165, 1.54) is 0 Å². The summed E-state index contributed by atoms with van der Waals surface area (Å²) in [6.07, 6.45) is 0. The van der Waals surface area contributed by atoms with Crippen molar-refractivity contribution in [2.45, 2.75) is 6.92 Å². The van der Waals surface area contributed by atoms with Gasteiger partial charge in [-0.1, -0.05) is 23.8 Å². The highest BCUT2D eigenvalue weighted by Gasteiger charge is 1.96. The molecule has 0 atom stereocenters. The number of nitrogens with two attached hydrogens (primary N) is 2. The molecule has 12 heavy (non-hydrogen) atoms. The average Bonchev–Trinajstić information content (AvgIpc) is 2.05. The standard InChI is InChI=1S/C8H12N4/c1-6-3-2-4-7(5-6)8(9)11-12-10/h2-5,12H,10H2,1H3,(H2,9,11). The second-order valence-electron chi connectivity index (χ2n) is 2.50. The highest BCUT2D eigenvalue weighted by molar-refractivity contribution is 5.97. The van der Waals surface area contributed by atoms with Gasteiger partial charge in [0.2, 0.25) is 0 Å². The summed E-state index contributed by atoms with van der Waals surface area (Å²) in [7, 11) is 0. The first kappa shape index (κ1) is 8.55. The first-order valence-corrected chi connectivity index (χ1v) is 3.60. The van der Waals surface area contributed by atoms with Gasteiger partial charge in [-0.05, 0) is 13.0 Å². The predicted molar refractivity (Wildman–Crippen MR) is 49.2 cm³/mol. The Labute approximate surface area is 71.2 Å². The fraction of sp³-hybridized carbons (Fsp3) is 0.125. The predicted octanol–water partition coefficient (Wildman–Crippen LogP) is 0.0786. The smallest absolute Gasteiger partial charge is 0.152 e. The van der Waals surface area contributed by atoms with Crippen LogP contribution in [0.15, 0.2) is 29.4 Å². The fourth-order valence-electron chi connectivity index (χ4n) is 0.938. The Hall–Kier alpha value is -1.55. The topological polar surface area (TPSA) is 76.4 Å². The number of amidine groups is 1. The SMILES string of the molecule is Cc1cccc(/C(N)=N/NN)c1. The van der Waals surface area contributed by atoms with Gasteiger partial charge in [0, 0.05) is 5.56 Å². The molecule has 0 spiro atoms. The molecule has 0 radical (unpaired) electrons. The largest absolute Gasteiger partial charge is 0.382 e. The summed E-state index contributed by atoms with van der Waals surface area (Å²) < 4.78 is 0. The van der Waals surface area contributed by atoms with Gasteiger partial charge < -0.3 is 5.73 Å². The molecule has 0 aliphatic carbocycles. The number of hydrazone groups is 1. The van der Waals surface area contributed by atoms with Crippen LogP contribution in [0.4, 0.5) is 0 Å². The Balaban J connectivity index is 2.95. The van der Waals surface area contributed by atoms with Crippen molar-refractivity contribution in [2.24, 2.45) is 16.7 Å². The van der Waals surface area contributed by atoms with Gasteiger partial charge in [-0.25, -0.2) is 11.4 Å². The van der Waals surface area contributed by atoms with E-state index in [-0.39, 0.29) is 0 Å². The Morgan fingerprint density at radius 2 is 2.25 bits per heavy atom. The van der Waals surface area contributed by atoms with Crippen molar-refractivity contribution in [1.82, 2.24) is 5.53 Å². The first-order valence-electron chi connectivity index (χ1n) is 3.60. The third-order valence-corrected chi connectivity index (χ3v) is 1.50. The van der Waals surface area contributed by atoms with Crippen LogP contribution in [0, 0.1) is 6.92 Å². The Morgan fingerprint density at radius 1 is 1.50 bits per heavy atom. The van der Waals surface area contributed by atoms with Crippen LogP contribution in [-0.4, -0.2) is 5.84 Å². The summed E-state index contributed by atoms with van der Waals surface area (Å²) >= 11 is 0. The molecule has 0 bridgehead atoms. The Kier molecular flexibility index (Phi) is 2.66. The van der Waals surface area contributed by atoms with Gasteiger partial charge in [0.15, 0.2) is 5.84 Å². The molecule has 0 aliphatic heterocycles. The van der Waals surface area contributed by atoms with Crippen molar-refractivity contribution in [1.29, 1.82) is 0 Å². The molecule has 64 valence electrons. The van der Waals surface area contributed by atoms with Gasteiger partial charge in [-0.3, -0.25) is 0 Å². The number of nitrogens with one attached hydrogen (secondary N) is 1. The van der Waals surface area contributed by atoms with E-state index in [2.05, 4.69) is 10.6 Å². The minimum atomic E-state index is 0.390. The molecule has 0 aromatic heterocycles. The summed E-state index contributed by atoms with van der Waals surface area (Å²) in [4.78, 5) is 0. The van der Waals surface area contributed by atoms with Crippen LogP contribution in [-0.2, 0) is 0 Å². The number of nitrogens with zero attached hydrogens (tertiary/aromatic N) is 1. The van der Waals surface area contributed by atoms with E-state index in [0.717, 1.165) is 11.1 Å². The van der Waals surface area contributed by atoms with Gasteiger partial charge in [-0.15, -0.1) is 5.10 Å². The third kappa shape index (κ3) is 1.96. The fourth-order valence-corrected chi connectivity index (χ4v) is 0.938. The van der Waals surface area contributed by atoms with Crippen molar-refractivity contribution in [2.75, 3.05) is 0 Å². The average molecular weight is 164 g/mol. The highest BCUT2D eigenvalue weighted by atomic mass is 15.5. The normalized spacial score (nSPS) is 11.3. The van der Waals surface area contributed by atoms with Gasteiger partial charge in [0.05, 0.1) is 0 Å². The monoisotopic (exact) mass is 164 g/mol. The third-order valence-electron chi connectivity index (χ3n) is 1.50. The van der Waals surface area contributed by atoms with E-state index < -0.39 is 0 Å². The quantitative estimate of drug-likeness (QED) is 0.251. The van der Waals surface area contributed by atoms with E-state index in [1.807, 2.05) is 31.2 Å². The lowest BCUT2D eigenvalue weighted by Gasteiger charge is -2.00. The molecule has 0 saturated heterocycles. The molecular formula is C8H12N4. The van der Waals surface area contributed by atoms with E-state index in [1.54, 1.807) is 0 Å². The van der Waals surface area contributed by atoms with Gasteiger partial charge in [-0.2, -0.15) is 0 Å². The number of aryl methyl sites for hydroxylation is 1. The molecule has 1 aromatic carbocycles. The van der Waals surface area contributed by atoms with Crippen molar-refractivity contribution >= 4 is 5.84 Å². The minimum Gasteiger partial charge on any atom is -0.382 e. The zero-order chi connectivity index (χ0) is 8.97. The van der Waals surface area contributed by atoms with E-state index in [4.69, 9.17) is 11.6 Å². The Bertz CT molecular complexity index is 293. The first-order chi connectivity index (χ1) is 5.74. The summed E-state index contributed by atoms with van der Waals surface area (Å²) in [6.45, 7) is 1.99. The van der Waals surface area contributed by atoms with Crippen LogP contribution in [0.2, 0.25) is 0 Å². The minimum absolute atomic E-state index is 0.390. The zero-order valence-corrected chi connectivity index (χ0v) is 6.91. The van der Waals surface area contributed by atoms with Gasteiger partial charge in [0.1, 0.15) is 0 Å². The second kappa shape index (κ2) is 3.73. The lowest BCUT2D eigenvalue weighted by atomic mass is 10.1. The Morgan fingerprint density at radius 3 is 2.83 bits per heavy atom. The van der Waals surface area contributed by atoms with Gasteiger partial charge >= 0.3 is 0 Å². The molecule has 1 aromatic rings. The highest BCUT2D eigenvalue weighted by Crippen LogP contribution is 2.02. The molecular weight excluding hydrogens is 152 g/mol. The van der Waals surface area contributed by atoms with Crippen LogP contribution in [0.3, 0.4) is 0 Å². The molecule has 0 saturated carbocycles. The van der Waals surface area contributed by atoms with Crippen molar-refractivity contribution in [3.05, 3.63) is 35.4 Å². The van der Waals surface area contributed by atoms with E-state index in [9.17, 15) is 0 Å². The van der Waals surface area contributed by atoms with Crippen LogP contribution >= 0.6 is 0 Å². The molecule has 1 rings (SSSR count). The number of benzene rings is 1. The number of hydrogen-bond donors (Lipinski definition) is 3. The van der Waals surface area contributed by atoms with Crippen molar-refractivity contribution < 1.29 is 0 Å². The van der Waals surface area contributed by atoms with E-state index >= 15 is 0 Å². The molecule has 4 heteroatoms. The molecule has 4 nitrogen and oxygen atoms in total. The molecule has 5 N–H and O–H groups in total. The summed E-state index contributed by atoms with van der Waals surface area (Å²) in [5.74, 6) is 5.38. The molecule has 0 fully saturated rings. The summed E-state index contributed by atoms with van der Waals surface area (Å²) in [5.41, 5.74) is 9.74. The number of hydrogen-bond acceptors (Lipinski definition) is 3. The molecule has 0 amide bonds. The maximum absolute atomic E-state index is 5.58. The zero-order valence-electron chi connectivity index (χ0n) is 6.91. The molecule has 0 heterocycles. The van der Waals surface area contributed by atoms with Crippen molar-refractivity contribution in [3.8, 4) is 0 Å². The van der Waals surface area contributed by atoms with Crippen LogP contribution in [0.1, 0.15) is 11.1 Å². The molecule has 0 unspecified atom stereocenters. The summed E-state index contributed by atoms with van der Waals surface area (Å²) in [5, 5.41) is 3.66. The lowest BCUT2D eigenvalue weighted by molar-refractivity contribution is 0.804. The number of hydrazine groups is 1. The van der Waals surface area contributed by atoms with Crippen molar-refractivity contribution in [3.63, 3.8) is 0 Å².